The molecule has 0 atom stereocenters. The molecule has 76 valence electrons. The van der Waals surface area contributed by atoms with Crippen molar-refractivity contribution in [1.29, 1.82) is 0 Å². The van der Waals surface area contributed by atoms with Gasteiger partial charge in [-0.25, -0.2) is 0 Å². The summed E-state index contributed by atoms with van der Waals surface area (Å²) >= 11 is 7.20. The summed E-state index contributed by atoms with van der Waals surface area (Å²) in [5.74, 6) is 0. The highest BCUT2D eigenvalue weighted by molar-refractivity contribution is 7.18. The maximum Gasteiger partial charge on any atom is 0.207 e. The highest BCUT2D eigenvalue weighted by atomic mass is 35.5. The molecule has 4 heteroatoms. The number of nitrogens with zero attached hydrogens (tertiary/aromatic N) is 2. The molecule has 0 saturated heterocycles. The highest BCUT2D eigenvalue weighted by Crippen LogP contribution is 2.30. The van der Waals surface area contributed by atoms with E-state index in [9.17, 15) is 0 Å². The van der Waals surface area contributed by atoms with Crippen LogP contribution in [0.3, 0.4) is 0 Å². The molecule has 0 saturated carbocycles. The molecule has 15 heavy (non-hydrogen) atoms. The molecule has 1 aromatic heterocycles. The minimum atomic E-state index is 0.505. The van der Waals surface area contributed by atoms with E-state index in [1.807, 2.05) is 0 Å². The summed E-state index contributed by atoms with van der Waals surface area (Å²) in [4.78, 5) is 0. The fraction of sp³-hybridized carbons (Fsp3) is 0.273. The average Bonchev–Trinajstić information content (AvgIpc) is 2.84. The maximum atomic E-state index is 5.77. The third kappa shape index (κ3) is 1.66. The smallest absolute Gasteiger partial charge is 0.137 e. The van der Waals surface area contributed by atoms with Gasteiger partial charge in [-0.1, -0.05) is 23.5 Å². The van der Waals surface area contributed by atoms with Gasteiger partial charge in [-0.3, -0.25) is 0 Å². The quantitative estimate of drug-likeness (QED) is 0.759. The van der Waals surface area contributed by atoms with Gasteiger partial charge >= 0.3 is 0 Å². The Bertz CT molecular complexity index is 507. The lowest BCUT2D eigenvalue weighted by atomic mass is 10.1. The Morgan fingerprint density at radius 1 is 1.13 bits per heavy atom. The Labute approximate surface area is 96.9 Å². The van der Waals surface area contributed by atoms with Gasteiger partial charge in [0.15, 0.2) is 0 Å². The van der Waals surface area contributed by atoms with Crippen LogP contribution in [0.5, 0.6) is 0 Å². The normalized spacial score (nSPS) is 14.2. The lowest BCUT2D eigenvalue weighted by Gasteiger charge is -2.00. The lowest BCUT2D eigenvalue weighted by Crippen LogP contribution is -1.84. The third-order valence-electron chi connectivity index (χ3n) is 2.75. The van der Waals surface area contributed by atoms with Crippen molar-refractivity contribution >= 4 is 22.9 Å². The number of hydrogen-bond donors (Lipinski definition) is 0. The van der Waals surface area contributed by atoms with Crippen molar-refractivity contribution < 1.29 is 0 Å². The van der Waals surface area contributed by atoms with Crippen LogP contribution >= 0.6 is 22.9 Å². The van der Waals surface area contributed by atoms with Crippen LogP contribution in [0, 0.1) is 0 Å². The van der Waals surface area contributed by atoms with E-state index < -0.39 is 0 Å². The Morgan fingerprint density at radius 3 is 2.80 bits per heavy atom. The Morgan fingerprint density at radius 2 is 2.00 bits per heavy atom. The van der Waals surface area contributed by atoms with Gasteiger partial charge in [0.1, 0.15) is 5.01 Å². The second-order valence-corrected chi connectivity index (χ2v) is 5.26. The van der Waals surface area contributed by atoms with Crippen molar-refractivity contribution in [2.24, 2.45) is 0 Å². The first-order valence-corrected chi connectivity index (χ1v) is 6.13. The number of aromatic nitrogens is 2. The van der Waals surface area contributed by atoms with Crippen LogP contribution in [0.15, 0.2) is 18.2 Å². The van der Waals surface area contributed by atoms with E-state index >= 15 is 0 Å². The monoisotopic (exact) mass is 236 g/mol. The van der Waals surface area contributed by atoms with Crippen molar-refractivity contribution in [3.05, 3.63) is 33.8 Å². The summed E-state index contributed by atoms with van der Waals surface area (Å²) in [6.45, 7) is 0. The molecule has 0 unspecified atom stereocenters. The van der Waals surface area contributed by atoms with E-state index in [4.69, 9.17) is 11.6 Å². The van der Waals surface area contributed by atoms with E-state index in [1.54, 1.807) is 0 Å². The molecular formula is C11H9ClN2S. The number of halogens is 1. The molecule has 1 aromatic carbocycles. The van der Waals surface area contributed by atoms with Gasteiger partial charge in [-0.05, 0) is 48.1 Å². The first-order chi connectivity index (χ1) is 7.33. The number of hydrogen-bond acceptors (Lipinski definition) is 3. The first-order valence-electron chi connectivity index (χ1n) is 4.94. The molecule has 1 aliphatic rings. The summed E-state index contributed by atoms with van der Waals surface area (Å²) < 4.78 is 0.505. The lowest BCUT2D eigenvalue weighted by molar-refractivity contribution is 0.912. The second kappa shape index (κ2) is 3.58. The summed E-state index contributed by atoms with van der Waals surface area (Å²) in [6, 6.07) is 6.53. The predicted molar refractivity (Wildman–Crippen MR) is 62.4 cm³/mol. The number of rotatable bonds is 1. The molecule has 0 aliphatic heterocycles. The summed E-state index contributed by atoms with van der Waals surface area (Å²) in [5.41, 5.74) is 4.08. The molecule has 0 amide bonds. The second-order valence-electron chi connectivity index (χ2n) is 3.70. The zero-order valence-corrected chi connectivity index (χ0v) is 9.61. The molecule has 2 nitrogen and oxygen atoms in total. The minimum absolute atomic E-state index is 0.505. The molecule has 0 spiro atoms. The van der Waals surface area contributed by atoms with E-state index in [1.165, 1.54) is 41.7 Å². The van der Waals surface area contributed by atoms with Gasteiger partial charge < -0.3 is 0 Å². The van der Waals surface area contributed by atoms with Crippen LogP contribution in [0.2, 0.25) is 4.47 Å². The molecule has 0 radical (unpaired) electrons. The van der Waals surface area contributed by atoms with Crippen LogP contribution < -0.4 is 0 Å². The zero-order chi connectivity index (χ0) is 10.3. The highest BCUT2D eigenvalue weighted by Gasteiger charge is 2.13. The molecular weight excluding hydrogens is 228 g/mol. The Kier molecular flexibility index (Phi) is 2.22. The molecule has 0 bridgehead atoms. The van der Waals surface area contributed by atoms with Gasteiger partial charge in [0.25, 0.3) is 0 Å². The SMILES string of the molecule is Clc1nnc(-c2ccc3c(c2)CCC3)s1. The van der Waals surface area contributed by atoms with E-state index in [0.29, 0.717) is 4.47 Å². The molecule has 1 heterocycles. The van der Waals surface area contributed by atoms with Crippen LogP contribution in [0.25, 0.3) is 10.6 Å². The van der Waals surface area contributed by atoms with Crippen molar-refractivity contribution in [2.45, 2.75) is 19.3 Å². The molecule has 0 fully saturated rings. The van der Waals surface area contributed by atoms with Crippen LogP contribution in [0.4, 0.5) is 0 Å². The first kappa shape index (κ1) is 9.31. The fourth-order valence-corrected chi connectivity index (χ4v) is 2.85. The number of benzene rings is 1. The molecule has 1 aliphatic carbocycles. The number of fused-ring (bicyclic) bond motifs is 1. The van der Waals surface area contributed by atoms with Crippen LogP contribution in [-0.4, -0.2) is 10.2 Å². The van der Waals surface area contributed by atoms with Crippen LogP contribution in [0.1, 0.15) is 17.5 Å². The number of aryl methyl sites for hydroxylation is 2. The van der Waals surface area contributed by atoms with E-state index in [-0.39, 0.29) is 0 Å². The third-order valence-corrected chi connectivity index (χ3v) is 3.81. The Balaban J connectivity index is 2.06. The van der Waals surface area contributed by atoms with Gasteiger partial charge in [0.2, 0.25) is 4.47 Å². The van der Waals surface area contributed by atoms with Gasteiger partial charge in [0.05, 0.1) is 0 Å². The van der Waals surface area contributed by atoms with Gasteiger partial charge in [0, 0.05) is 5.56 Å². The molecule has 0 N–H and O–H groups in total. The summed E-state index contributed by atoms with van der Waals surface area (Å²) in [7, 11) is 0. The van der Waals surface area contributed by atoms with E-state index in [2.05, 4.69) is 28.4 Å². The van der Waals surface area contributed by atoms with Gasteiger partial charge in [-0.15, -0.1) is 10.2 Å². The topological polar surface area (TPSA) is 25.8 Å². The standard InChI is InChI=1S/C11H9ClN2S/c12-11-14-13-10(15-11)9-5-4-7-2-1-3-8(7)6-9/h4-6H,1-3H2. The summed E-state index contributed by atoms with van der Waals surface area (Å²) in [5, 5.41) is 8.78. The largest absolute Gasteiger partial charge is 0.207 e. The van der Waals surface area contributed by atoms with E-state index in [0.717, 1.165) is 10.6 Å². The minimum Gasteiger partial charge on any atom is -0.137 e. The van der Waals surface area contributed by atoms with Gasteiger partial charge in [-0.2, -0.15) is 0 Å². The predicted octanol–water partition coefficient (Wildman–Crippen LogP) is 3.35. The molecule has 2 aromatic rings. The van der Waals surface area contributed by atoms with Crippen molar-refractivity contribution in [3.8, 4) is 10.6 Å². The summed E-state index contributed by atoms with van der Waals surface area (Å²) in [6.07, 6.45) is 3.68. The van der Waals surface area contributed by atoms with Crippen LogP contribution in [-0.2, 0) is 12.8 Å². The van der Waals surface area contributed by atoms with Crippen molar-refractivity contribution in [2.75, 3.05) is 0 Å². The Hall–Kier alpha value is -0.930. The average molecular weight is 237 g/mol. The molecule has 3 rings (SSSR count). The maximum absolute atomic E-state index is 5.77. The van der Waals surface area contributed by atoms with Crippen molar-refractivity contribution in [3.63, 3.8) is 0 Å². The van der Waals surface area contributed by atoms with Crippen molar-refractivity contribution in [1.82, 2.24) is 10.2 Å². The fourth-order valence-electron chi connectivity index (χ4n) is 2.03. The zero-order valence-electron chi connectivity index (χ0n) is 8.03.